The average molecular weight is 339 g/mol. The number of pyridine rings is 1. The summed E-state index contributed by atoms with van der Waals surface area (Å²) in [5.41, 5.74) is -1.52. The fourth-order valence-corrected chi connectivity index (χ4v) is 2.82. The number of hydrogen-bond donors (Lipinski definition) is 0. The summed E-state index contributed by atoms with van der Waals surface area (Å²) in [5, 5.41) is 3.84. The smallest absolute Gasteiger partial charge is 0.288 e. The minimum Gasteiger partial charge on any atom is -0.288 e. The largest absolute Gasteiger partial charge is 0.417 e. The van der Waals surface area contributed by atoms with E-state index in [-0.39, 0.29) is 28.8 Å². The molecule has 0 aliphatic heterocycles. The molecule has 2 heterocycles. The van der Waals surface area contributed by atoms with Crippen LogP contribution >= 0.6 is 0 Å². The third-order valence-electron chi connectivity index (χ3n) is 3.84. The maximum atomic E-state index is 13.9. The first-order valence-electron chi connectivity index (χ1n) is 7.08. The Kier molecular flexibility index (Phi) is 3.70. The number of nitrogens with zero attached hydrogens (tertiary/aromatic N) is 3. The molecular weight excluding hydrogens is 326 g/mol. The number of fused-ring (bicyclic) bond motifs is 1. The predicted molar refractivity (Wildman–Crippen MR) is 80.2 cm³/mol. The first kappa shape index (κ1) is 16.2. The van der Waals surface area contributed by atoms with Crippen LogP contribution in [0.5, 0.6) is 0 Å². The van der Waals surface area contributed by atoms with Gasteiger partial charge in [0.2, 0.25) is 0 Å². The van der Waals surface area contributed by atoms with Crippen molar-refractivity contribution < 1.29 is 17.6 Å². The molecule has 1 aromatic carbocycles. The van der Waals surface area contributed by atoms with E-state index in [0.29, 0.717) is 6.07 Å². The van der Waals surface area contributed by atoms with Crippen molar-refractivity contribution in [2.75, 3.05) is 0 Å². The molecule has 0 saturated heterocycles. The van der Waals surface area contributed by atoms with Gasteiger partial charge in [-0.1, -0.05) is 18.2 Å². The van der Waals surface area contributed by atoms with Gasteiger partial charge in [0.15, 0.2) is 0 Å². The number of rotatable bonds is 2. The zero-order valence-corrected chi connectivity index (χ0v) is 12.9. The van der Waals surface area contributed by atoms with Crippen LogP contribution in [0, 0.1) is 12.7 Å². The predicted octanol–water partition coefficient (Wildman–Crippen LogP) is 3.25. The highest BCUT2D eigenvalue weighted by molar-refractivity contribution is 5.83. The topological polar surface area (TPSA) is 39.8 Å². The molecule has 2 aromatic heterocycles. The number of benzene rings is 1. The van der Waals surface area contributed by atoms with Crippen molar-refractivity contribution >= 4 is 11.0 Å². The molecule has 0 atom stereocenters. The van der Waals surface area contributed by atoms with Crippen LogP contribution in [-0.2, 0) is 19.8 Å². The standard InChI is InChI=1S/C16H13F4N3O/c1-9-14-11(16(18,19)20)7-13(24)23(15(14)22(2)21-9)8-10-5-3-4-6-12(10)17/h3-7H,8H2,1-2H3. The normalized spacial score (nSPS) is 12.1. The van der Waals surface area contributed by atoms with Gasteiger partial charge in [0.05, 0.1) is 23.2 Å². The first-order chi connectivity index (χ1) is 11.2. The van der Waals surface area contributed by atoms with Crippen molar-refractivity contribution in [3.8, 4) is 0 Å². The highest BCUT2D eigenvalue weighted by Gasteiger charge is 2.36. The van der Waals surface area contributed by atoms with Gasteiger partial charge < -0.3 is 0 Å². The lowest BCUT2D eigenvalue weighted by Crippen LogP contribution is -2.25. The molecule has 8 heteroatoms. The third-order valence-corrected chi connectivity index (χ3v) is 3.84. The Hall–Kier alpha value is -2.64. The zero-order valence-electron chi connectivity index (χ0n) is 12.9. The molecule has 24 heavy (non-hydrogen) atoms. The van der Waals surface area contributed by atoms with Crippen molar-refractivity contribution in [1.29, 1.82) is 0 Å². The molecule has 3 rings (SSSR count). The Morgan fingerprint density at radius 2 is 1.88 bits per heavy atom. The van der Waals surface area contributed by atoms with Crippen molar-refractivity contribution in [2.45, 2.75) is 19.6 Å². The van der Waals surface area contributed by atoms with Gasteiger partial charge in [0.1, 0.15) is 11.5 Å². The molecule has 0 saturated carbocycles. The van der Waals surface area contributed by atoms with Crippen molar-refractivity contribution in [3.63, 3.8) is 0 Å². The number of aryl methyl sites for hydroxylation is 2. The van der Waals surface area contributed by atoms with Crippen molar-refractivity contribution in [2.24, 2.45) is 7.05 Å². The van der Waals surface area contributed by atoms with Gasteiger partial charge >= 0.3 is 6.18 Å². The van der Waals surface area contributed by atoms with Crippen LogP contribution in [0.4, 0.5) is 17.6 Å². The van der Waals surface area contributed by atoms with Crippen LogP contribution in [0.25, 0.3) is 11.0 Å². The number of alkyl halides is 3. The summed E-state index contributed by atoms with van der Waals surface area (Å²) >= 11 is 0. The third kappa shape index (κ3) is 2.57. The van der Waals surface area contributed by atoms with E-state index in [1.54, 1.807) is 6.07 Å². The van der Waals surface area contributed by atoms with E-state index < -0.39 is 23.1 Å². The summed E-state index contributed by atoms with van der Waals surface area (Å²) in [4.78, 5) is 12.3. The summed E-state index contributed by atoms with van der Waals surface area (Å²) in [6.45, 7) is 1.26. The summed E-state index contributed by atoms with van der Waals surface area (Å²) in [5.74, 6) is -0.531. The molecule has 0 N–H and O–H groups in total. The Labute approximate surface area is 133 Å². The van der Waals surface area contributed by atoms with E-state index in [9.17, 15) is 22.4 Å². The summed E-state index contributed by atoms with van der Waals surface area (Å²) in [7, 11) is 1.45. The Bertz CT molecular complexity index is 985. The van der Waals surface area contributed by atoms with Gasteiger partial charge in [-0.2, -0.15) is 18.3 Å². The molecule has 0 spiro atoms. The average Bonchev–Trinajstić information content (AvgIpc) is 2.77. The molecule has 0 aliphatic carbocycles. The van der Waals surface area contributed by atoms with E-state index in [2.05, 4.69) is 5.10 Å². The second-order valence-electron chi connectivity index (χ2n) is 5.48. The molecule has 0 bridgehead atoms. The molecule has 0 aliphatic rings. The van der Waals surface area contributed by atoms with Crippen LogP contribution in [-0.4, -0.2) is 14.3 Å². The van der Waals surface area contributed by atoms with Crippen LogP contribution in [0.2, 0.25) is 0 Å². The molecule has 126 valence electrons. The molecule has 0 fully saturated rings. The monoisotopic (exact) mass is 339 g/mol. The lowest BCUT2D eigenvalue weighted by atomic mass is 10.1. The molecule has 0 radical (unpaired) electrons. The van der Waals surface area contributed by atoms with E-state index in [1.165, 1.54) is 36.9 Å². The van der Waals surface area contributed by atoms with E-state index >= 15 is 0 Å². The van der Waals surface area contributed by atoms with Crippen molar-refractivity contribution in [1.82, 2.24) is 14.3 Å². The summed E-state index contributed by atoms with van der Waals surface area (Å²) < 4.78 is 56.0. The fraction of sp³-hybridized carbons (Fsp3) is 0.250. The molecular formula is C16H13F4N3O. The Morgan fingerprint density at radius 1 is 1.21 bits per heavy atom. The van der Waals surface area contributed by atoms with E-state index in [0.717, 1.165) is 4.57 Å². The van der Waals surface area contributed by atoms with Crippen molar-refractivity contribution in [3.05, 3.63) is 63.3 Å². The van der Waals surface area contributed by atoms with Crippen LogP contribution in [0.1, 0.15) is 16.8 Å². The number of halogens is 4. The zero-order chi connectivity index (χ0) is 17.6. The fourth-order valence-electron chi connectivity index (χ4n) is 2.82. The van der Waals surface area contributed by atoms with Gasteiger partial charge in [0.25, 0.3) is 5.56 Å². The minimum absolute atomic E-state index is 0.00979. The van der Waals surface area contributed by atoms with Crippen LogP contribution in [0.3, 0.4) is 0 Å². The van der Waals surface area contributed by atoms with Crippen LogP contribution < -0.4 is 5.56 Å². The first-order valence-corrected chi connectivity index (χ1v) is 7.08. The maximum absolute atomic E-state index is 13.9. The van der Waals surface area contributed by atoms with Gasteiger partial charge in [-0.3, -0.25) is 14.0 Å². The minimum atomic E-state index is -4.68. The Morgan fingerprint density at radius 3 is 2.50 bits per heavy atom. The SMILES string of the molecule is Cc1nn(C)c2c1c(C(F)(F)F)cc(=O)n2Cc1ccccc1F. The van der Waals surface area contributed by atoms with Gasteiger partial charge in [-0.25, -0.2) is 4.39 Å². The Balaban J connectivity index is 2.33. The number of aromatic nitrogens is 3. The van der Waals surface area contributed by atoms with Gasteiger partial charge in [-0.05, 0) is 13.0 Å². The second kappa shape index (κ2) is 5.47. The number of hydrogen-bond acceptors (Lipinski definition) is 2. The highest BCUT2D eigenvalue weighted by Crippen LogP contribution is 2.35. The van der Waals surface area contributed by atoms with Gasteiger partial charge in [-0.15, -0.1) is 0 Å². The summed E-state index contributed by atoms with van der Waals surface area (Å²) in [6.07, 6.45) is -4.68. The lowest BCUT2D eigenvalue weighted by Gasteiger charge is -2.14. The molecule has 0 amide bonds. The lowest BCUT2D eigenvalue weighted by molar-refractivity contribution is -0.136. The van der Waals surface area contributed by atoms with E-state index in [4.69, 9.17) is 0 Å². The van der Waals surface area contributed by atoms with Crippen LogP contribution in [0.15, 0.2) is 35.1 Å². The quantitative estimate of drug-likeness (QED) is 0.673. The maximum Gasteiger partial charge on any atom is 0.417 e. The second-order valence-corrected chi connectivity index (χ2v) is 5.48. The molecule has 3 aromatic rings. The molecule has 4 nitrogen and oxygen atoms in total. The van der Waals surface area contributed by atoms with Gasteiger partial charge in [0, 0.05) is 18.7 Å². The molecule has 0 unspecified atom stereocenters. The van der Waals surface area contributed by atoms with E-state index in [1.807, 2.05) is 0 Å². The summed E-state index contributed by atoms with van der Waals surface area (Å²) in [6, 6.07) is 6.35. The highest BCUT2D eigenvalue weighted by atomic mass is 19.4.